The Morgan fingerprint density at radius 3 is 2.19 bits per heavy atom. The highest BCUT2D eigenvalue weighted by molar-refractivity contribution is 6.61. The number of carbonyl (C=O) groups excluding carboxylic acids is 2. The Kier molecular flexibility index (Phi) is 5.28. The number of ether oxygens (including phenoxy) is 1. The predicted molar refractivity (Wildman–Crippen MR) is 104 cm³/mol. The Morgan fingerprint density at radius 2 is 1.58 bits per heavy atom. The molecule has 0 aromatic heterocycles. The number of nitrogens with zero attached hydrogens (tertiary/aromatic N) is 1. The Bertz CT molecular complexity index is 920. The van der Waals surface area contributed by atoms with E-state index in [-0.39, 0.29) is 32.4 Å². The lowest BCUT2D eigenvalue weighted by Crippen LogP contribution is -2.31. The van der Waals surface area contributed by atoms with Gasteiger partial charge in [0.2, 0.25) is 0 Å². The minimum absolute atomic E-state index is 0.0267. The van der Waals surface area contributed by atoms with Crippen molar-refractivity contribution in [1.29, 1.82) is 0 Å². The summed E-state index contributed by atoms with van der Waals surface area (Å²) in [6.45, 7) is 3.83. The third-order valence-electron chi connectivity index (χ3n) is 3.71. The van der Waals surface area contributed by atoms with Crippen molar-refractivity contribution in [1.82, 2.24) is 0 Å². The van der Waals surface area contributed by atoms with Crippen LogP contribution in [0.4, 0.5) is 5.69 Å². The summed E-state index contributed by atoms with van der Waals surface area (Å²) in [5.74, 6) is -0.535. The van der Waals surface area contributed by atoms with Crippen LogP contribution in [-0.4, -0.2) is 17.9 Å². The molecular weight excluding hydrogens is 397 g/mol. The van der Waals surface area contributed by atoms with Crippen molar-refractivity contribution in [3.05, 3.63) is 63.1 Å². The molecule has 0 atom stereocenters. The van der Waals surface area contributed by atoms with Crippen LogP contribution in [0.25, 0.3) is 5.57 Å². The minimum atomic E-state index is -0.640. The average molecular weight is 411 g/mol. The van der Waals surface area contributed by atoms with E-state index in [1.807, 2.05) is 13.8 Å². The molecule has 2 amide bonds. The second-order valence-corrected chi connectivity index (χ2v) is 7.06. The van der Waals surface area contributed by atoms with Gasteiger partial charge in [-0.1, -0.05) is 53.0 Å². The highest BCUT2D eigenvalue weighted by atomic mass is 35.5. The van der Waals surface area contributed by atoms with Crippen molar-refractivity contribution in [2.75, 3.05) is 4.90 Å². The third-order valence-corrected chi connectivity index (χ3v) is 4.87. The molecule has 0 radical (unpaired) electrons. The topological polar surface area (TPSA) is 46.6 Å². The molecule has 134 valence electrons. The van der Waals surface area contributed by atoms with Gasteiger partial charge in [-0.2, -0.15) is 0 Å². The monoisotopic (exact) mass is 409 g/mol. The molecule has 4 nitrogen and oxygen atoms in total. The van der Waals surface area contributed by atoms with Crippen LogP contribution < -0.4 is 9.64 Å². The van der Waals surface area contributed by atoms with E-state index in [0.717, 1.165) is 4.90 Å². The number of carbonyl (C=O) groups is 2. The van der Waals surface area contributed by atoms with Crippen LogP contribution in [0.3, 0.4) is 0 Å². The molecule has 0 unspecified atom stereocenters. The fourth-order valence-corrected chi connectivity index (χ4v) is 3.26. The smallest absolute Gasteiger partial charge is 0.277 e. The van der Waals surface area contributed by atoms with Crippen molar-refractivity contribution in [3.63, 3.8) is 0 Å². The lowest BCUT2D eigenvalue weighted by Gasteiger charge is -2.17. The molecule has 2 aromatic rings. The molecule has 7 heteroatoms. The van der Waals surface area contributed by atoms with E-state index < -0.39 is 11.8 Å². The Balaban J connectivity index is 1.98. The van der Waals surface area contributed by atoms with Crippen molar-refractivity contribution in [3.8, 4) is 5.75 Å². The number of amides is 2. The number of anilines is 1. The van der Waals surface area contributed by atoms with Crippen LogP contribution in [0.1, 0.15) is 19.4 Å². The maximum absolute atomic E-state index is 12.9. The van der Waals surface area contributed by atoms with Gasteiger partial charge in [0, 0.05) is 0 Å². The van der Waals surface area contributed by atoms with Gasteiger partial charge in [-0.05, 0) is 43.7 Å². The molecular formula is C19H14Cl3NO3. The molecule has 2 aromatic carbocycles. The zero-order valence-electron chi connectivity index (χ0n) is 13.9. The number of rotatable bonds is 4. The van der Waals surface area contributed by atoms with Gasteiger partial charge in [-0.25, -0.2) is 4.90 Å². The van der Waals surface area contributed by atoms with Crippen LogP contribution in [-0.2, 0) is 9.59 Å². The number of hydrogen-bond donors (Lipinski definition) is 0. The zero-order chi connectivity index (χ0) is 19.0. The fourth-order valence-electron chi connectivity index (χ4n) is 2.61. The molecule has 0 aliphatic carbocycles. The summed E-state index contributed by atoms with van der Waals surface area (Å²) in [6, 6.07) is 11.5. The molecule has 0 bridgehead atoms. The lowest BCUT2D eigenvalue weighted by molar-refractivity contribution is -0.119. The van der Waals surface area contributed by atoms with Crippen molar-refractivity contribution in [2.45, 2.75) is 20.0 Å². The molecule has 0 saturated carbocycles. The molecule has 26 heavy (non-hydrogen) atoms. The summed E-state index contributed by atoms with van der Waals surface area (Å²) in [4.78, 5) is 26.4. The normalized spacial score (nSPS) is 14.6. The first-order valence-corrected chi connectivity index (χ1v) is 8.94. The van der Waals surface area contributed by atoms with Gasteiger partial charge in [0.1, 0.15) is 10.8 Å². The molecule has 0 fully saturated rings. The van der Waals surface area contributed by atoms with Crippen molar-refractivity contribution in [2.24, 2.45) is 0 Å². The van der Waals surface area contributed by atoms with E-state index in [4.69, 9.17) is 39.5 Å². The van der Waals surface area contributed by atoms with Crippen LogP contribution in [0.5, 0.6) is 5.75 Å². The van der Waals surface area contributed by atoms with E-state index in [1.54, 1.807) is 36.4 Å². The highest BCUT2D eigenvalue weighted by Gasteiger charge is 2.40. The summed E-state index contributed by atoms with van der Waals surface area (Å²) >= 11 is 18.3. The molecule has 1 heterocycles. The Labute approximate surface area is 165 Å². The van der Waals surface area contributed by atoms with Gasteiger partial charge in [-0.3, -0.25) is 9.59 Å². The molecule has 0 saturated heterocycles. The van der Waals surface area contributed by atoms with Gasteiger partial charge in [-0.15, -0.1) is 0 Å². The molecule has 0 spiro atoms. The maximum atomic E-state index is 12.9. The molecule has 1 aliphatic rings. The van der Waals surface area contributed by atoms with E-state index >= 15 is 0 Å². The lowest BCUT2D eigenvalue weighted by atomic mass is 10.1. The molecule has 1 aliphatic heterocycles. The number of halogens is 3. The molecule has 0 N–H and O–H groups in total. The average Bonchev–Trinajstić information content (AvgIpc) is 2.81. The Morgan fingerprint density at radius 1 is 0.923 bits per heavy atom. The highest BCUT2D eigenvalue weighted by Crippen LogP contribution is 2.40. The maximum Gasteiger partial charge on any atom is 0.277 e. The first kappa shape index (κ1) is 18.8. The second kappa shape index (κ2) is 7.31. The summed E-state index contributed by atoms with van der Waals surface area (Å²) in [6.07, 6.45) is 0.0267. The SMILES string of the molecule is CC(C)Oc1ccc(C2=C(Cl)C(=O)N(c3cccc(Cl)c3Cl)C2=O)cc1. The van der Waals surface area contributed by atoms with Crippen LogP contribution in [0.2, 0.25) is 10.0 Å². The van der Waals surface area contributed by atoms with Crippen LogP contribution in [0.15, 0.2) is 47.5 Å². The van der Waals surface area contributed by atoms with E-state index in [1.165, 1.54) is 6.07 Å². The van der Waals surface area contributed by atoms with Crippen LogP contribution >= 0.6 is 34.8 Å². The standard InChI is InChI=1S/C19H14Cl3NO3/c1-10(2)26-12-8-6-11(7-9-12)15-17(22)19(25)23(18(15)24)14-5-3-4-13(20)16(14)21/h3-10H,1-2H3. The summed E-state index contributed by atoms with van der Waals surface area (Å²) < 4.78 is 5.58. The van der Waals surface area contributed by atoms with Gasteiger partial charge in [0.05, 0.1) is 27.4 Å². The zero-order valence-corrected chi connectivity index (χ0v) is 16.2. The summed E-state index contributed by atoms with van der Waals surface area (Å²) in [5, 5.41) is 0.190. The predicted octanol–water partition coefficient (Wildman–Crippen LogP) is 5.30. The number of imide groups is 1. The van der Waals surface area contributed by atoms with Crippen LogP contribution in [0, 0.1) is 0 Å². The van der Waals surface area contributed by atoms with E-state index in [2.05, 4.69) is 0 Å². The second-order valence-electron chi connectivity index (χ2n) is 5.90. The summed E-state index contributed by atoms with van der Waals surface area (Å²) in [7, 11) is 0. The Hall–Kier alpha value is -2.01. The quantitative estimate of drug-likeness (QED) is 0.642. The van der Waals surface area contributed by atoms with Crippen molar-refractivity contribution < 1.29 is 14.3 Å². The first-order chi connectivity index (χ1) is 12.3. The first-order valence-electron chi connectivity index (χ1n) is 7.81. The van der Waals surface area contributed by atoms with Crippen molar-refractivity contribution >= 4 is 57.9 Å². The van der Waals surface area contributed by atoms with E-state index in [0.29, 0.717) is 11.3 Å². The van der Waals surface area contributed by atoms with Gasteiger partial charge < -0.3 is 4.74 Å². The molecule has 3 rings (SSSR count). The number of hydrogen-bond acceptors (Lipinski definition) is 3. The minimum Gasteiger partial charge on any atom is -0.491 e. The largest absolute Gasteiger partial charge is 0.491 e. The van der Waals surface area contributed by atoms with E-state index in [9.17, 15) is 9.59 Å². The summed E-state index contributed by atoms with van der Waals surface area (Å²) in [5.41, 5.74) is 0.830. The van der Waals surface area contributed by atoms with Gasteiger partial charge in [0.25, 0.3) is 11.8 Å². The van der Waals surface area contributed by atoms with Gasteiger partial charge >= 0.3 is 0 Å². The fraction of sp³-hybridized carbons (Fsp3) is 0.158. The number of benzene rings is 2. The third kappa shape index (κ3) is 3.32. The van der Waals surface area contributed by atoms with Gasteiger partial charge in [0.15, 0.2) is 0 Å².